The normalized spacial score (nSPS) is 10.7. The molecule has 3 aromatic carbocycles. The van der Waals surface area contributed by atoms with E-state index in [-0.39, 0.29) is 18.0 Å². The summed E-state index contributed by atoms with van der Waals surface area (Å²) in [6.07, 6.45) is 1.35. The van der Waals surface area contributed by atoms with Gasteiger partial charge in [0, 0.05) is 32.9 Å². The smallest absolute Gasteiger partial charge is 0.329 e. The molecule has 0 bridgehead atoms. The topological polar surface area (TPSA) is 132 Å². The van der Waals surface area contributed by atoms with Crippen LogP contribution in [0.1, 0.15) is 16.7 Å². The number of halogens is 2. The van der Waals surface area contributed by atoms with Crippen molar-refractivity contribution >= 4 is 52.6 Å². The second kappa shape index (κ2) is 12.0. The number of rotatable bonds is 8. The van der Waals surface area contributed by atoms with Crippen molar-refractivity contribution in [3.05, 3.63) is 91.4 Å². The highest BCUT2D eigenvalue weighted by molar-refractivity contribution is 6.40. The van der Waals surface area contributed by atoms with Crippen LogP contribution in [0.2, 0.25) is 10.0 Å². The number of carbonyl (C=O) groups is 2. The Morgan fingerprint density at radius 1 is 1.06 bits per heavy atom. The number of hydrazone groups is 1. The first-order valence-corrected chi connectivity index (χ1v) is 11.1. The van der Waals surface area contributed by atoms with Crippen molar-refractivity contribution in [3.63, 3.8) is 0 Å². The van der Waals surface area contributed by atoms with Crippen LogP contribution in [0.4, 0.5) is 11.4 Å². The van der Waals surface area contributed by atoms with E-state index in [0.717, 1.165) is 0 Å². The Hall–Kier alpha value is -4.15. The van der Waals surface area contributed by atoms with E-state index >= 15 is 0 Å². The fourth-order valence-electron chi connectivity index (χ4n) is 3.11. The summed E-state index contributed by atoms with van der Waals surface area (Å²) in [5.74, 6) is -0.937. The van der Waals surface area contributed by atoms with E-state index in [0.29, 0.717) is 38.2 Å². The highest BCUT2D eigenvalue weighted by Crippen LogP contribution is 2.26. The van der Waals surface area contributed by atoms with Crippen LogP contribution in [0.5, 0.6) is 11.5 Å². The Morgan fingerprint density at radius 2 is 1.78 bits per heavy atom. The van der Waals surface area contributed by atoms with Gasteiger partial charge in [-0.1, -0.05) is 23.2 Å². The molecule has 0 fully saturated rings. The molecule has 186 valence electrons. The number of hydrogen-bond acceptors (Lipinski definition) is 7. The molecular formula is C24H20Cl2N4O6. The first-order valence-electron chi connectivity index (χ1n) is 10.3. The molecule has 0 saturated heterocycles. The van der Waals surface area contributed by atoms with Gasteiger partial charge in [0.15, 0.2) is 0 Å². The van der Waals surface area contributed by atoms with Crippen LogP contribution in [0.25, 0.3) is 0 Å². The zero-order chi connectivity index (χ0) is 26.2. The number of aryl methyl sites for hydroxylation is 1. The van der Waals surface area contributed by atoms with Gasteiger partial charge in [-0.2, -0.15) is 5.10 Å². The van der Waals surface area contributed by atoms with Crippen molar-refractivity contribution < 1.29 is 24.0 Å². The third kappa shape index (κ3) is 7.17. The standard InChI is InChI=1S/C24H20Cl2N4O6/c1-14-7-20(4-5-21(14)30(33)34)36-13-16-8-15(3-6-22(16)35-2)12-27-29-24(32)23(31)28-19-10-17(25)9-18(26)11-19/h3-12H,13H2,1-2H3,(H,28,31)(H,29,32). The Morgan fingerprint density at radius 3 is 2.42 bits per heavy atom. The van der Waals surface area contributed by atoms with Crippen LogP contribution < -0.4 is 20.2 Å². The number of anilines is 1. The molecule has 36 heavy (non-hydrogen) atoms. The molecule has 2 N–H and O–H groups in total. The van der Waals surface area contributed by atoms with Gasteiger partial charge in [0.1, 0.15) is 18.1 Å². The van der Waals surface area contributed by atoms with Crippen molar-refractivity contribution in [2.24, 2.45) is 5.10 Å². The quantitative estimate of drug-likeness (QED) is 0.184. The van der Waals surface area contributed by atoms with Crippen molar-refractivity contribution in [2.45, 2.75) is 13.5 Å². The predicted octanol–water partition coefficient (Wildman–Crippen LogP) is 4.89. The van der Waals surface area contributed by atoms with Gasteiger partial charge < -0.3 is 14.8 Å². The van der Waals surface area contributed by atoms with Crippen LogP contribution >= 0.6 is 23.2 Å². The van der Waals surface area contributed by atoms with Crippen molar-refractivity contribution in [3.8, 4) is 11.5 Å². The molecular weight excluding hydrogens is 511 g/mol. The summed E-state index contributed by atoms with van der Waals surface area (Å²) in [5.41, 5.74) is 4.15. The molecule has 0 atom stereocenters. The SMILES string of the molecule is COc1ccc(C=NNC(=O)C(=O)Nc2cc(Cl)cc(Cl)c2)cc1COc1ccc([N+](=O)[O-])c(C)c1. The Labute approximate surface area is 216 Å². The average molecular weight is 531 g/mol. The van der Waals surface area contributed by atoms with Crippen molar-refractivity contribution in [1.29, 1.82) is 0 Å². The van der Waals surface area contributed by atoms with Gasteiger partial charge in [0.25, 0.3) is 5.69 Å². The molecule has 3 rings (SSSR count). The van der Waals surface area contributed by atoms with E-state index in [1.165, 1.54) is 43.7 Å². The summed E-state index contributed by atoms with van der Waals surface area (Å²) < 4.78 is 11.1. The van der Waals surface area contributed by atoms with E-state index < -0.39 is 16.7 Å². The molecule has 10 nitrogen and oxygen atoms in total. The number of hydrogen-bond donors (Lipinski definition) is 2. The minimum absolute atomic E-state index is 0.00485. The predicted molar refractivity (Wildman–Crippen MR) is 136 cm³/mol. The lowest BCUT2D eigenvalue weighted by Crippen LogP contribution is -2.32. The van der Waals surface area contributed by atoms with E-state index in [1.807, 2.05) is 0 Å². The van der Waals surface area contributed by atoms with Crippen LogP contribution in [0, 0.1) is 17.0 Å². The number of nitro benzene ring substituents is 1. The molecule has 0 unspecified atom stereocenters. The van der Waals surface area contributed by atoms with Crippen molar-refractivity contribution in [2.75, 3.05) is 12.4 Å². The van der Waals surface area contributed by atoms with Gasteiger partial charge in [0.2, 0.25) is 0 Å². The maximum absolute atomic E-state index is 12.1. The van der Waals surface area contributed by atoms with Gasteiger partial charge in [-0.3, -0.25) is 19.7 Å². The third-order valence-corrected chi connectivity index (χ3v) is 5.21. The molecule has 0 radical (unpaired) electrons. The van der Waals surface area contributed by atoms with Crippen LogP contribution in [-0.4, -0.2) is 30.1 Å². The summed E-state index contributed by atoms with van der Waals surface area (Å²) in [5, 5.41) is 17.8. The highest BCUT2D eigenvalue weighted by Gasteiger charge is 2.14. The van der Waals surface area contributed by atoms with Crippen molar-refractivity contribution in [1.82, 2.24) is 5.43 Å². The summed E-state index contributed by atoms with van der Waals surface area (Å²) in [6.45, 7) is 1.74. The van der Waals surface area contributed by atoms with E-state index in [2.05, 4.69) is 15.8 Å². The number of methoxy groups -OCH3 is 1. The van der Waals surface area contributed by atoms with E-state index in [9.17, 15) is 19.7 Å². The molecule has 0 aliphatic heterocycles. The third-order valence-electron chi connectivity index (χ3n) is 4.77. The molecule has 0 aliphatic rings. The summed E-state index contributed by atoms with van der Waals surface area (Å²) in [4.78, 5) is 34.6. The number of nitrogens with zero attached hydrogens (tertiary/aromatic N) is 2. The van der Waals surface area contributed by atoms with Gasteiger partial charge in [0.05, 0.1) is 18.2 Å². The van der Waals surface area contributed by atoms with Gasteiger partial charge >= 0.3 is 11.8 Å². The molecule has 0 heterocycles. The lowest BCUT2D eigenvalue weighted by molar-refractivity contribution is -0.385. The Bertz CT molecular complexity index is 1330. The second-order valence-corrected chi connectivity index (χ2v) is 8.25. The van der Waals surface area contributed by atoms with E-state index in [4.69, 9.17) is 32.7 Å². The lowest BCUT2D eigenvalue weighted by atomic mass is 10.1. The van der Waals surface area contributed by atoms with Crippen LogP contribution in [0.3, 0.4) is 0 Å². The first kappa shape index (κ1) is 26.5. The maximum Gasteiger partial charge on any atom is 0.329 e. The fourth-order valence-corrected chi connectivity index (χ4v) is 3.63. The molecule has 0 spiro atoms. The fraction of sp³-hybridized carbons (Fsp3) is 0.125. The summed E-state index contributed by atoms with van der Waals surface area (Å²) in [7, 11) is 1.51. The number of ether oxygens (including phenoxy) is 2. The molecule has 0 aromatic heterocycles. The average Bonchev–Trinajstić information content (AvgIpc) is 2.81. The van der Waals surface area contributed by atoms with Crippen LogP contribution in [-0.2, 0) is 16.2 Å². The molecule has 12 heteroatoms. The zero-order valence-electron chi connectivity index (χ0n) is 19.1. The molecule has 0 aliphatic carbocycles. The summed E-state index contributed by atoms with van der Waals surface area (Å²) >= 11 is 11.8. The Balaban J connectivity index is 1.62. The van der Waals surface area contributed by atoms with Crippen LogP contribution in [0.15, 0.2) is 59.7 Å². The first-order chi connectivity index (χ1) is 17.2. The minimum Gasteiger partial charge on any atom is -0.496 e. The Kier molecular flexibility index (Phi) is 8.82. The highest BCUT2D eigenvalue weighted by atomic mass is 35.5. The monoisotopic (exact) mass is 530 g/mol. The molecule has 2 amide bonds. The summed E-state index contributed by atoms with van der Waals surface area (Å²) in [6, 6.07) is 14.0. The van der Waals surface area contributed by atoms with Gasteiger partial charge in [-0.15, -0.1) is 0 Å². The largest absolute Gasteiger partial charge is 0.496 e. The molecule has 3 aromatic rings. The van der Waals surface area contributed by atoms with Gasteiger partial charge in [-0.25, -0.2) is 5.43 Å². The lowest BCUT2D eigenvalue weighted by Gasteiger charge is -2.11. The minimum atomic E-state index is -0.993. The zero-order valence-corrected chi connectivity index (χ0v) is 20.6. The number of benzene rings is 3. The molecule has 0 saturated carbocycles. The number of carbonyl (C=O) groups excluding carboxylic acids is 2. The number of nitrogens with one attached hydrogen (secondary N) is 2. The maximum atomic E-state index is 12.1. The number of nitro groups is 1. The second-order valence-electron chi connectivity index (χ2n) is 7.38. The van der Waals surface area contributed by atoms with Gasteiger partial charge in [-0.05, 0) is 61.0 Å². The van der Waals surface area contributed by atoms with E-state index in [1.54, 1.807) is 31.2 Å². The number of amides is 2.